The molecule has 0 fully saturated rings. The summed E-state index contributed by atoms with van der Waals surface area (Å²) in [5.41, 5.74) is 0. The van der Waals surface area contributed by atoms with E-state index >= 15 is 0 Å². The third-order valence-electron chi connectivity index (χ3n) is 0. The maximum absolute atomic E-state index is 0. The molecule has 0 spiro atoms. The monoisotopic (exact) mass is 300 g/mol. The Balaban J connectivity index is 0. The van der Waals surface area contributed by atoms with Gasteiger partial charge in [-0.05, 0) is 0 Å². The Kier molecular flexibility index (Phi) is 377. The van der Waals surface area contributed by atoms with Crippen LogP contribution in [0.25, 0.3) is 0 Å². The Morgan fingerprint density at radius 1 is 0.600 bits per heavy atom. The largest absolute Gasteiger partial charge is 3.00 e. The SMILES string of the molecule is Cl.[Al+3].[Br-].[Br-].[Br-]. The van der Waals surface area contributed by atoms with Gasteiger partial charge in [-0.1, -0.05) is 0 Å². The Bertz CT molecular complexity index is 6.85. The van der Waals surface area contributed by atoms with Gasteiger partial charge in [-0.15, -0.1) is 12.4 Å². The van der Waals surface area contributed by atoms with Gasteiger partial charge in [0.1, 0.15) is 0 Å². The Morgan fingerprint density at radius 3 is 0.600 bits per heavy atom. The minimum atomic E-state index is 0. The number of hydrogen-bond acceptors (Lipinski definition) is 0. The molecule has 0 bridgehead atoms. The average molecular weight is 303 g/mol. The molecule has 0 unspecified atom stereocenters. The average Bonchev–Trinajstić information content (AvgIpc) is 0. The van der Waals surface area contributed by atoms with Gasteiger partial charge in [0, 0.05) is 0 Å². The molecule has 0 heterocycles. The van der Waals surface area contributed by atoms with Crippen LogP contribution in [0.5, 0.6) is 0 Å². The quantitative estimate of drug-likeness (QED) is 0.390. The fourth-order valence-electron chi connectivity index (χ4n) is 0. The molecule has 0 atom stereocenters. The molecule has 0 saturated heterocycles. The first-order valence-corrected chi connectivity index (χ1v) is 0. The van der Waals surface area contributed by atoms with Crippen LogP contribution in [0.2, 0.25) is 0 Å². The van der Waals surface area contributed by atoms with Crippen molar-refractivity contribution in [3.8, 4) is 0 Å². The van der Waals surface area contributed by atoms with E-state index in [9.17, 15) is 0 Å². The molecule has 0 amide bonds. The van der Waals surface area contributed by atoms with Crippen molar-refractivity contribution in [2.24, 2.45) is 0 Å². The van der Waals surface area contributed by atoms with E-state index in [4.69, 9.17) is 0 Å². The van der Waals surface area contributed by atoms with Gasteiger partial charge >= 0.3 is 17.4 Å². The summed E-state index contributed by atoms with van der Waals surface area (Å²) in [5, 5.41) is 0. The molecule has 0 saturated carbocycles. The molecule has 0 aromatic heterocycles. The zero-order valence-corrected chi connectivity index (χ0v) is 8.85. The summed E-state index contributed by atoms with van der Waals surface area (Å²) in [6, 6.07) is 0. The summed E-state index contributed by atoms with van der Waals surface area (Å²) in [4.78, 5) is 0. The van der Waals surface area contributed by atoms with E-state index in [0.29, 0.717) is 0 Å². The summed E-state index contributed by atoms with van der Waals surface area (Å²) in [5.74, 6) is 0. The zero-order chi connectivity index (χ0) is 0. The van der Waals surface area contributed by atoms with Gasteiger partial charge in [-0.2, -0.15) is 0 Å². The van der Waals surface area contributed by atoms with E-state index in [0.717, 1.165) is 0 Å². The number of rotatable bonds is 0. The van der Waals surface area contributed by atoms with Crippen LogP contribution in [0.1, 0.15) is 0 Å². The van der Waals surface area contributed by atoms with Crippen LogP contribution in [-0.4, -0.2) is 17.4 Å². The number of halogens is 4. The normalized spacial score (nSPS) is 0. The van der Waals surface area contributed by atoms with Crippen molar-refractivity contribution in [1.29, 1.82) is 0 Å². The molecule has 0 aromatic carbocycles. The molecule has 0 aliphatic rings. The molecule has 0 rings (SSSR count). The molecular formula is HAlBr3Cl. The predicted octanol–water partition coefficient (Wildman–Crippen LogP) is -8.95. The van der Waals surface area contributed by atoms with Crippen molar-refractivity contribution in [2.45, 2.75) is 0 Å². The fourth-order valence-corrected chi connectivity index (χ4v) is 0. The van der Waals surface area contributed by atoms with Gasteiger partial charge in [0.05, 0.1) is 0 Å². The Hall–Kier alpha value is 2.26. The maximum atomic E-state index is 0. The molecule has 0 radical (unpaired) electrons. The van der Waals surface area contributed by atoms with Crippen LogP contribution in [0.3, 0.4) is 0 Å². The van der Waals surface area contributed by atoms with E-state index in [1.54, 1.807) is 0 Å². The first kappa shape index (κ1) is 55.6. The third-order valence-corrected chi connectivity index (χ3v) is 0. The van der Waals surface area contributed by atoms with Gasteiger partial charge in [0.2, 0.25) is 0 Å². The van der Waals surface area contributed by atoms with E-state index < -0.39 is 0 Å². The summed E-state index contributed by atoms with van der Waals surface area (Å²) in [6.45, 7) is 0. The van der Waals surface area contributed by atoms with Crippen molar-refractivity contribution in [3.05, 3.63) is 0 Å². The minimum absolute atomic E-state index is 0. The van der Waals surface area contributed by atoms with Crippen LogP contribution < -0.4 is 50.9 Å². The van der Waals surface area contributed by atoms with E-state index in [-0.39, 0.29) is 80.7 Å². The molecule has 5 heavy (non-hydrogen) atoms. The minimum Gasteiger partial charge on any atom is -1.00 e. The van der Waals surface area contributed by atoms with Gasteiger partial charge in [-0.3, -0.25) is 0 Å². The van der Waals surface area contributed by atoms with E-state index in [2.05, 4.69) is 0 Å². The zero-order valence-electron chi connectivity index (χ0n) is 2.12. The molecule has 0 aliphatic carbocycles. The van der Waals surface area contributed by atoms with Crippen molar-refractivity contribution in [2.75, 3.05) is 0 Å². The second-order valence-corrected chi connectivity index (χ2v) is 0. The van der Waals surface area contributed by atoms with Crippen molar-refractivity contribution >= 4 is 29.8 Å². The molecule has 0 aromatic rings. The molecular weight excluding hydrogens is 302 g/mol. The smallest absolute Gasteiger partial charge is 1.00 e. The fraction of sp³-hybridized carbons (Fsp3) is 0. The number of hydrogen-bond donors (Lipinski definition) is 0. The van der Waals surface area contributed by atoms with Crippen LogP contribution in [-0.2, 0) is 0 Å². The first-order chi connectivity index (χ1) is 0. The molecule has 5 heteroatoms. The Morgan fingerprint density at radius 2 is 0.600 bits per heavy atom. The van der Waals surface area contributed by atoms with Gasteiger partial charge in [0.25, 0.3) is 0 Å². The summed E-state index contributed by atoms with van der Waals surface area (Å²) in [7, 11) is 0. The molecule has 0 N–H and O–H groups in total. The summed E-state index contributed by atoms with van der Waals surface area (Å²) < 4.78 is 0. The van der Waals surface area contributed by atoms with Crippen molar-refractivity contribution in [1.82, 2.24) is 0 Å². The second kappa shape index (κ2) is 33.9. The predicted molar refractivity (Wildman–Crippen MR) is 13.0 cm³/mol. The first-order valence-electron chi connectivity index (χ1n) is 0. The standard InChI is InChI=1S/Al.3BrH.ClH/h;4*1H/q+3;;;;/p-3. The molecule has 0 nitrogen and oxygen atoms in total. The van der Waals surface area contributed by atoms with Crippen molar-refractivity contribution in [3.63, 3.8) is 0 Å². The summed E-state index contributed by atoms with van der Waals surface area (Å²) in [6.07, 6.45) is 0. The van der Waals surface area contributed by atoms with E-state index in [1.807, 2.05) is 0 Å². The topological polar surface area (TPSA) is 0 Å². The third kappa shape index (κ3) is 22.2. The van der Waals surface area contributed by atoms with Crippen LogP contribution in [0.4, 0.5) is 0 Å². The molecule has 32 valence electrons. The summed E-state index contributed by atoms with van der Waals surface area (Å²) >= 11 is 0. The van der Waals surface area contributed by atoms with Crippen LogP contribution in [0.15, 0.2) is 0 Å². The van der Waals surface area contributed by atoms with E-state index in [1.165, 1.54) is 0 Å². The maximum Gasteiger partial charge on any atom is 3.00 e. The van der Waals surface area contributed by atoms with Crippen molar-refractivity contribution < 1.29 is 50.9 Å². The van der Waals surface area contributed by atoms with Crippen LogP contribution in [0, 0.1) is 0 Å². The van der Waals surface area contributed by atoms with Crippen LogP contribution >= 0.6 is 12.4 Å². The molecule has 0 aliphatic heterocycles. The van der Waals surface area contributed by atoms with Gasteiger partial charge < -0.3 is 50.9 Å². The van der Waals surface area contributed by atoms with Gasteiger partial charge in [-0.25, -0.2) is 0 Å². The second-order valence-electron chi connectivity index (χ2n) is 0. The Labute approximate surface area is 79.9 Å². The van der Waals surface area contributed by atoms with Gasteiger partial charge in [0.15, 0.2) is 0 Å².